The molecule has 5 rings (SSSR count). The average molecular weight is 524 g/mol. The van der Waals surface area contributed by atoms with Gasteiger partial charge in [-0.2, -0.15) is 5.26 Å². The van der Waals surface area contributed by atoms with Crippen LogP contribution in [0, 0.1) is 56.2 Å². The molecule has 208 valence electrons. The first-order chi connectivity index (χ1) is 17.6. The predicted molar refractivity (Wildman–Crippen MR) is 144 cm³/mol. The van der Waals surface area contributed by atoms with Crippen LogP contribution in [0.1, 0.15) is 99.8 Å². The summed E-state index contributed by atoms with van der Waals surface area (Å²) in [6.07, 6.45) is 6.96. The second-order valence-electron chi connectivity index (χ2n) is 14.7. The van der Waals surface area contributed by atoms with Crippen molar-refractivity contribution in [2.75, 3.05) is 6.61 Å². The fourth-order valence-electron chi connectivity index (χ4n) is 10.2. The van der Waals surface area contributed by atoms with E-state index in [4.69, 9.17) is 4.74 Å². The Kier molecular flexibility index (Phi) is 5.92. The van der Waals surface area contributed by atoms with E-state index >= 15 is 0 Å². The average Bonchev–Trinajstić information content (AvgIpc) is 2.85. The number of hydrogen-bond donors (Lipinski definition) is 2. The van der Waals surface area contributed by atoms with Crippen LogP contribution >= 0.6 is 0 Å². The number of nitrogens with zero attached hydrogens (tertiary/aromatic N) is 1. The Morgan fingerprint density at radius 1 is 1.13 bits per heavy atom. The Hall–Kier alpha value is -2.13. The smallest absolute Gasteiger partial charge is 0.312 e. The third-order valence-electron chi connectivity index (χ3n) is 12.6. The molecule has 2 N–H and O–H groups in total. The number of carbonyl (C=O) groups is 2. The van der Waals surface area contributed by atoms with Crippen LogP contribution in [0.4, 0.5) is 0 Å². The zero-order valence-electron chi connectivity index (χ0n) is 24.2. The quantitative estimate of drug-likeness (QED) is 0.417. The van der Waals surface area contributed by atoms with Gasteiger partial charge in [0.05, 0.1) is 23.7 Å². The first kappa shape index (κ1) is 27.4. The lowest BCUT2D eigenvalue weighted by Gasteiger charge is -2.71. The lowest BCUT2D eigenvalue weighted by molar-refractivity contribution is -0.249. The summed E-state index contributed by atoms with van der Waals surface area (Å²) >= 11 is 0. The Labute approximate surface area is 227 Å². The molecule has 5 aliphatic carbocycles. The topological polar surface area (TPSA) is 108 Å². The second kappa shape index (κ2) is 8.19. The Morgan fingerprint density at radius 3 is 2.42 bits per heavy atom. The highest BCUT2D eigenvalue weighted by atomic mass is 16.5. The van der Waals surface area contributed by atoms with Crippen molar-refractivity contribution in [1.82, 2.24) is 0 Å². The number of aliphatic hydroxyl groups is 2. The van der Waals surface area contributed by atoms with Gasteiger partial charge in [-0.05, 0) is 86.5 Å². The summed E-state index contributed by atoms with van der Waals surface area (Å²) in [5.74, 6) is -0.953. The number of carbonyl (C=O) groups excluding carboxylic acids is 2. The Balaban J connectivity index is 1.70. The number of ketones is 1. The number of esters is 1. The maximum atomic E-state index is 14.4. The lowest BCUT2D eigenvalue weighted by atomic mass is 9.33. The van der Waals surface area contributed by atoms with E-state index in [9.17, 15) is 25.1 Å². The molecule has 6 nitrogen and oxygen atoms in total. The second-order valence-corrected chi connectivity index (χ2v) is 14.7. The molecule has 38 heavy (non-hydrogen) atoms. The summed E-state index contributed by atoms with van der Waals surface area (Å²) in [5, 5.41) is 33.5. The van der Waals surface area contributed by atoms with E-state index in [1.54, 1.807) is 6.08 Å². The van der Waals surface area contributed by atoms with Crippen molar-refractivity contribution in [2.24, 2.45) is 44.8 Å². The summed E-state index contributed by atoms with van der Waals surface area (Å²) in [5.41, 5.74) is -2.97. The normalized spacial score (nSPS) is 47.5. The predicted octanol–water partition coefficient (Wildman–Crippen LogP) is 6.20. The molecule has 0 aliphatic heterocycles. The molecule has 5 aliphatic rings. The third kappa shape index (κ3) is 3.09. The number of fused-ring (bicyclic) bond motifs is 7. The molecular weight excluding hydrogens is 478 g/mol. The number of aliphatic hydroxyl groups excluding tert-OH is 1. The number of ether oxygens (including phenoxy) is 1. The summed E-state index contributed by atoms with van der Waals surface area (Å²) < 4.78 is 5.63. The zero-order chi connectivity index (χ0) is 28.1. The van der Waals surface area contributed by atoms with Crippen LogP contribution in [0.5, 0.6) is 0 Å². The minimum absolute atomic E-state index is 0.105. The zero-order valence-corrected chi connectivity index (χ0v) is 24.2. The molecule has 0 amide bonds. The van der Waals surface area contributed by atoms with Crippen molar-refractivity contribution in [1.29, 1.82) is 5.26 Å². The number of allylic oxidation sites excluding steroid dienone is 3. The highest BCUT2D eigenvalue weighted by Crippen LogP contribution is 2.75. The van der Waals surface area contributed by atoms with Gasteiger partial charge in [0.25, 0.3) is 0 Å². The Bertz CT molecular complexity index is 1190. The van der Waals surface area contributed by atoms with E-state index in [1.165, 1.54) is 0 Å². The van der Waals surface area contributed by atoms with Crippen LogP contribution in [-0.4, -0.2) is 34.2 Å². The largest absolute Gasteiger partial charge is 0.511 e. The standard InChI is InChI=1S/C32H45NO5/c1-8-38-26(36)31-13-11-27(3,4)17-23(31)32(37)24(34)15-22-28(5)16-20(18-33)25(35)19(2)21(28)9-10-29(22,6)30(32,7)12-14-31/h15,19,21,23,35,37H,8-14,16-17H2,1-7H3/t19-,21-,23?,28-,29+,30-,31-,32+/m0/s1. The van der Waals surface area contributed by atoms with Crippen LogP contribution in [0.2, 0.25) is 0 Å². The monoisotopic (exact) mass is 523 g/mol. The van der Waals surface area contributed by atoms with Crippen molar-refractivity contribution >= 4 is 11.8 Å². The maximum absolute atomic E-state index is 14.4. The molecule has 0 saturated heterocycles. The van der Waals surface area contributed by atoms with Crippen LogP contribution in [0.15, 0.2) is 23.0 Å². The minimum atomic E-state index is -1.69. The number of rotatable bonds is 2. The fraction of sp³-hybridized carbons (Fsp3) is 0.781. The molecule has 0 spiro atoms. The maximum Gasteiger partial charge on any atom is 0.312 e. The lowest BCUT2D eigenvalue weighted by Crippen LogP contribution is -2.74. The minimum Gasteiger partial charge on any atom is -0.511 e. The highest BCUT2D eigenvalue weighted by molar-refractivity contribution is 6.01. The fourth-order valence-corrected chi connectivity index (χ4v) is 10.2. The molecule has 0 bridgehead atoms. The highest BCUT2D eigenvalue weighted by Gasteiger charge is 2.76. The number of nitriles is 1. The van der Waals surface area contributed by atoms with Gasteiger partial charge in [0.15, 0.2) is 5.78 Å². The molecule has 0 aromatic carbocycles. The van der Waals surface area contributed by atoms with Crippen molar-refractivity contribution in [3.05, 3.63) is 23.0 Å². The van der Waals surface area contributed by atoms with Gasteiger partial charge in [-0.1, -0.05) is 47.1 Å². The van der Waals surface area contributed by atoms with E-state index in [2.05, 4.69) is 40.7 Å². The van der Waals surface area contributed by atoms with Gasteiger partial charge < -0.3 is 14.9 Å². The Morgan fingerprint density at radius 2 is 1.79 bits per heavy atom. The molecule has 8 atom stereocenters. The van der Waals surface area contributed by atoms with E-state index in [0.717, 1.165) is 24.8 Å². The van der Waals surface area contributed by atoms with Crippen LogP contribution < -0.4 is 0 Å². The van der Waals surface area contributed by atoms with E-state index in [0.29, 0.717) is 37.7 Å². The van der Waals surface area contributed by atoms with Crippen LogP contribution in [0.3, 0.4) is 0 Å². The molecule has 0 radical (unpaired) electrons. The molecule has 3 saturated carbocycles. The first-order valence-corrected chi connectivity index (χ1v) is 14.6. The van der Waals surface area contributed by atoms with Crippen LogP contribution in [0.25, 0.3) is 0 Å². The SMILES string of the molecule is CCOC(=O)[C@]12CCC(C)(C)CC1[C@@]1(O)C(=O)C=C3[C@@]4(C)CC(C#N)=C(O)[C@@H](C)[C@@H]4CC[C@@]3(C)[C@]1(C)CC2. The van der Waals surface area contributed by atoms with Crippen molar-refractivity contribution in [2.45, 2.75) is 105 Å². The van der Waals surface area contributed by atoms with Gasteiger partial charge >= 0.3 is 5.97 Å². The van der Waals surface area contributed by atoms with Crippen molar-refractivity contribution < 1.29 is 24.5 Å². The van der Waals surface area contributed by atoms with Crippen LogP contribution in [-0.2, 0) is 14.3 Å². The van der Waals surface area contributed by atoms with E-state index in [1.807, 2.05) is 13.8 Å². The summed E-state index contributed by atoms with van der Waals surface area (Å²) in [7, 11) is 0. The molecular formula is C32H45NO5. The van der Waals surface area contributed by atoms with Crippen molar-refractivity contribution in [3.63, 3.8) is 0 Å². The summed E-state index contributed by atoms with van der Waals surface area (Å²) in [6, 6.07) is 2.23. The van der Waals surface area contributed by atoms with E-state index < -0.39 is 33.2 Å². The summed E-state index contributed by atoms with van der Waals surface area (Å²) in [6.45, 7) is 14.9. The van der Waals surface area contributed by atoms with Crippen molar-refractivity contribution in [3.8, 4) is 6.07 Å². The van der Waals surface area contributed by atoms with Gasteiger partial charge in [0.1, 0.15) is 11.4 Å². The summed E-state index contributed by atoms with van der Waals surface area (Å²) in [4.78, 5) is 28.1. The molecule has 0 heterocycles. The molecule has 0 aromatic heterocycles. The molecule has 3 fully saturated rings. The molecule has 1 unspecified atom stereocenters. The number of hydrogen-bond acceptors (Lipinski definition) is 6. The molecule has 6 heteroatoms. The van der Waals surface area contributed by atoms with E-state index in [-0.39, 0.29) is 41.4 Å². The van der Waals surface area contributed by atoms with Gasteiger partial charge in [-0.3, -0.25) is 9.59 Å². The van der Waals surface area contributed by atoms with Gasteiger partial charge in [-0.15, -0.1) is 0 Å². The van der Waals surface area contributed by atoms with Gasteiger partial charge in [0.2, 0.25) is 0 Å². The first-order valence-electron chi connectivity index (χ1n) is 14.6. The van der Waals surface area contributed by atoms with Gasteiger partial charge in [0, 0.05) is 17.3 Å². The third-order valence-corrected chi connectivity index (χ3v) is 12.6. The van der Waals surface area contributed by atoms with Gasteiger partial charge in [-0.25, -0.2) is 0 Å². The molecule has 0 aromatic rings.